The number of hydrogen-bond acceptors (Lipinski definition) is 1. The minimum atomic E-state index is 0. The number of morpholine rings is 1. The Hall–Kier alpha value is 0.840. The van der Waals surface area contributed by atoms with Crippen molar-refractivity contribution in [1.29, 1.82) is 0 Å². The highest BCUT2D eigenvalue weighted by molar-refractivity contribution is 4.97. The molecule has 3 aliphatic rings. The van der Waals surface area contributed by atoms with Crippen LogP contribution in [0.15, 0.2) is 0 Å². The molecule has 5 unspecified atom stereocenters. The van der Waals surface area contributed by atoms with Crippen LogP contribution in [0.5, 0.6) is 0 Å². The fourth-order valence-corrected chi connectivity index (χ4v) is 2.92. The van der Waals surface area contributed by atoms with E-state index in [2.05, 4.69) is 5.73 Å². The number of nitrogens with one attached hydrogen (secondary N) is 1. The minimum Gasteiger partial charge on any atom is -1.00 e. The molecule has 4 N–H and O–H groups in total. The second kappa shape index (κ2) is 3.53. The van der Waals surface area contributed by atoms with Gasteiger partial charge in [0.05, 0.1) is 6.54 Å². The average Bonchev–Trinajstić information content (AvgIpc) is 2.44. The summed E-state index contributed by atoms with van der Waals surface area (Å²) in [6.45, 7) is 2.56. The van der Waals surface area contributed by atoms with Gasteiger partial charge in [0.2, 0.25) is 0 Å². The van der Waals surface area contributed by atoms with Gasteiger partial charge in [-0.05, 0) is 0 Å². The van der Waals surface area contributed by atoms with Crippen molar-refractivity contribution < 1.29 is 49.3 Å². The molecule has 0 radical (unpaired) electrons. The molecule has 3 nitrogen and oxygen atoms in total. The van der Waals surface area contributed by atoms with Crippen molar-refractivity contribution in [3.63, 3.8) is 0 Å². The summed E-state index contributed by atoms with van der Waals surface area (Å²) < 4.78 is 5.78. The Labute approximate surface area is 93.2 Å². The fourth-order valence-electron chi connectivity index (χ4n) is 2.92. The monoisotopic (exact) mass is 300 g/mol. The molecular formula is C7H14Br2N2O. The molecule has 3 saturated heterocycles. The van der Waals surface area contributed by atoms with Gasteiger partial charge in [0, 0.05) is 6.42 Å². The number of rotatable bonds is 0. The molecule has 72 valence electrons. The normalized spacial score (nSPS) is 53.2. The highest BCUT2D eigenvalue weighted by Crippen LogP contribution is 2.26. The third-order valence-corrected chi connectivity index (χ3v) is 3.37. The van der Waals surface area contributed by atoms with Crippen molar-refractivity contribution in [3.8, 4) is 0 Å². The van der Waals surface area contributed by atoms with Crippen LogP contribution in [0.25, 0.3) is 0 Å². The molecule has 5 heteroatoms. The lowest BCUT2D eigenvalue weighted by molar-refractivity contribution is -0.911. The molecule has 3 rings (SSSR count). The van der Waals surface area contributed by atoms with Gasteiger partial charge in [-0.25, -0.2) is 0 Å². The van der Waals surface area contributed by atoms with Gasteiger partial charge in [-0.3, -0.25) is 0 Å². The van der Waals surface area contributed by atoms with Crippen LogP contribution in [-0.4, -0.2) is 37.4 Å². The van der Waals surface area contributed by atoms with E-state index in [1.807, 2.05) is 0 Å². The van der Waals surface area contributed by atoms with E-state index in [4.69, 9.17) is 4.74 Å². The molecule has 0 aromatic rings. The topological polar surface area (TPSA) is 41.3 Å². The van der Waals surface area contributed by atoms with Crippen molar-refractivity contribution in [1.82, 2.24) is 0 Å². The van der Waals surface area contributed by atoms with Crippen LogP contribution < -0.4 is 44.6 Å². The third kappa shape index (κ3) is 1.18. The zero-order valence-electron chi connectivity index (χ0n) is 6.80. The molecule has 5 atom stereocenters. The molecule has 0 amide bonds. The first-order valence-electron chi connectivity index (χ1n) is 4.19. The summed E-state index contributed by atoms with van der Waals surface area (Å²) in [5, 5.41) is 0. The van der Waals surface area contributed by atoms with Gasteiger partial charge in [-0.2, -0.15) is 0 Å². The summed E-state index contributed by atoms with van der Waals surface area (Å²) in [5.74, 6) is 0. The Morgan fingerprint density at radius 3 is 2.50 bits per heavy atom. The van der Waals surface area contributed by atoms with Crippen molar-refractivity contribution in [3.05, 3.63) is 0 Å². The van der Waals surface area contributed by atoms with Crippen LogP contribution >= 0.6 is 0 Å². The second-order valence-electron chi connectivity index (χ2n) is 3.80. The second-order valence-corrected chi connectivity index (χ2v) is 3.80. The molecule has 0 aliphatic carbocycles. The fraction of sp³-hybridized carbons (Fsp3) is 1.00. The van der Waals surface area contributed by atoms with Crippen LogP contribution in [0.4, 0.5) is 0 Å². The molecule has 3 aliphatic heterocycles. The van der Waals surface area contributed by atoms with Crippen LogP contribution in [-0.2, 0) is 4.74 Å². The van der Waals surface area contributed by atoms with E-state index >= 15 is 0 Å². The largest absolute Gasteiger partial charge is 1.00 e. The summed E-state index contributed by atoms with van der Waals surface area (Å²) in [6.07, 6.45) is 2.37. The molecule has 0 aromatic carbocycles. The standard InChI is InChI=1S/C7H12N2O.2BrH/c8-6-5-3-9-2-1-4(10-5)7(6)9;;/h4-7H,1-3,8H2;2*1H. The van der Waals surface area contributed by atoms with Gasteiger partial charge in [0.25, 0.3) is 0 Å². The van der Waals surface area contributed by atoms with Crippen LogP contribution in [0.3, 0.4) is 0 Å². The van der Waals surface area contributed by atoms with Gasteiger partial charge >= 0.3 is 0 Å². The molecular weight excluding hydrogens is 288 g/mol. The molecule has 0 spiro atoms. The van der Waals surface area contributed by atoms with Gasteiger partial charge < -0.3 is 49.3 Å². The van der Waals surface area contributed by atoms with Crippen molar-refractivity contribution in [2.75, 3.05) is 13.1 Å². The smallest absolute Gasteiger partial charge is 0.171 e. The van der Waals surface area contributed by atoms with Crippen LogP contribution in [0.1, 0.15) is 6.42 Å². The van der Waals surface area contributed by atoms with Crippen LogP contribution in [0, 0.1) is 0 Å². The quantitative estimate of drug-likeness (QED) is 0.458. The maximum Gasteiger partial charge on any atom is 0.171 e. The maximum atomic E-state index is 5.78. The zero-order chi connectivity index (χ0) is 6.72. The predicted octanol–water partition coefficient (Wildman–Crippen LogP) is -8.96. The number of quaternary nitrogens is 2. The highest BCUT2D eigenvalue weighted by Gasteiger charge is 2.62. The zero-order valence-corrected chi connectivity index (χ0v) is 9.97. The Bertz CT molecular complexity index is 164. The van der Waals surface area contributed by atoms with E-state index in [0.717, 1.165) is 6.04 Å². The molecule has 12 heavy (non-hydrogen) atoms. The number of hydrogen-bond donors (Lipinski definition) is 2. The minimum absolute atomic E-state index is 0. The number of fused-ring (bicyclic) bond motifs is 1. The Morgan fingerprint density at radius 2 is 2.00 bits per heavy atom. The first-order valence-corrected chi connectivity index (χ1v) is 4.19. The summed E-state index contributed by atoms with van der Waals surface area (Å²) in [6, 6.07) is 1.37. The first-order chi connectivity index (χ1) is 4.86. The predicted molar refractivity (Wildman–Crippen MR) is 34.4 cm³/mol. The summed E-state index contributed by atoms with van der Waals surface area (Å²) in [7, 11) is 0. The average molecular weight is 302 g/mol. The summed E-state index contributed by atoms with van der Waals surface area (Å²) in [4.78, 5) is 1.77. The van der Waals surface area contributed by atoms with Crippen molar-refractivity contribution in [2.24, 2.45) is 0 Å². The van der Waals surface area contributed by atoms with E-state index in [0.29, 0.717) is 18.2 Å². The van der Waals surface area contributed by atoms with E-state index in [1.54, 1.807) is 4.90 Å². The van der Waals surface area contributed by atoms with Gasteiger partial charge in [-0.15, -0.1) is 0 Å². The van der Waals surface area contributed by atoms with Crippen molar-refractivity contribution in [2.45, 2.75) is 30.7 Å². The van der Waals surface area contributed by atoms with Crippen LogP contribution in [0.2, 0.25) is 0 Å². The Kier molecular flexibility index (Phi) is 3.22. The van der Waals surface area contributed by atoms with E-state index in [1.165, 1.54) is 19.5 Å². The number of ether oxygens (including phenoxy) is 1. The lowest BCUT2D eigenvalue weighted by Gasteiger charge is -2.16. The molecule has 0 aromatic heterocycles. The third-order valence-electron chi connectivity index (χ3n) is 3.37. The lowest BCUT2D eigenvalue weighted by Crippen LogP contribution is -3.14. The highest BCUT2D eigenvalue weighted by atomic mass is 79.9. The molecule has 2 bridgehead atoms. The first kappa shape index (κ1) is 10.9. The summed E-state index contributed by atoms with van der Waals surface area (Å²) >= 11 is 0. The van der Waals surface area contributed by atoms with E-state index < -0.39 is 0 Å². The molecule has 0 saturated carbocycles. The Balaban J connectivity index is 0.000000360. The van der Waals surface area contributed by atoms with Gasteiger partial charge in [-0.1, -0.05) is 0 Å². The van der Waals surface area contributed by atoms with E-state index in [9.17, 15) is 0 Å². The number of halogens is 2. The van der Waals surface area contributed by atoms with E-state index in [-0.39, 0.29) is 34.0 Å². The molecule has 3 fully saturated rings. The lowest BCUT2D eigenvalue weighted by atomic mass is 10.1. The molecule has 3 heterocycles. The van der Waals surface area contributed by atoms with Gasteiger partial charge in [0.1, 0.15) is 12.6 Å². The van der Waals surface area contributed by atoms with Gasteiger partial charge in [0.15, 0.2) is 18.2 Å². The SMILES string of the molecule is [Br-].[Br-].[NH3+]C1C2C[NH+]3CCC(O2)C13. The Morgan fingerprint density at radius 1 is 1.25 bits per heavy atom. The maximum absolute atomic E-state index is 5.78. The summed E-state index contributed by atoms with van der Waals surface area (Å²) in [5.41, 5.74) is 4.16. The van der Waals surface area contributed by atoms with Crippen molar-refractivity contribution >= 4 is 0 Å².